The lowest BCUT2D eigenvalue weighted by atomic mass is 9.92. The fourth-order valence-electron chi connectivity index (χ4n) is 3.20. The van der Waals surface area contributed by atoms with Gasteiger partial charge >= 0.3 is 0 Å². The third-order valence-electron chi connectivity index (χ3n) is 4.51. The number of nitrogens with zero attached hydrogens (tertiary/aromatic N) is 5. The molecule has 0 amide bonds. The van der Waals surface area contributed by atoms with E-state index >= 15 is 0 Å². The Bertz CT molecular complexity index is 1050. The average molecular weight is 419 g/mol. The number of aliphatic hydroxyl groups is 1. The van der Waals surface area contributed by atoms with E-state index in [1.807, 2.05) is 6.07 Å². The highest BCUT2D eigenvalue weighted by atomic mass is 19.1. The molecular formula is C20H17F4N5O. The molecular weight excluding hydrogens is 402 g/mol. The molecule has 0 aliphatic carbocycles. The summed E-state index contributed by atoms with van der Waals surface area (Å²) in [6.45, 7) is -0.968. The molecule has 0 fully saturated rings. The summed E-state index contributed by atoms with van der Waals surface area (Å²) in [5.41, 5.74) is -2.09. The molecule has 0 bridgehead atoms. The first kappa shape index (κ1) is 21.4. The fourth-order valence-corrected chi connectivity index (χ4v) is 3.20. The lowest BCUT2D eigenvalue weighted by molar-refractivity contribution is -0.0208. The summed E-state index contributed by atoms with van der Waals surface area (Å²) >= 11 is 0. The zero-order valence-electron chi connectivity index (χ0n) is 15.6. The van der Waals surface area contributed by atoms with Crippen molar-refractivity contribution in [2.45, 2.75) is 18.7 Å². The molecule has 0 spiro atoms. The van der Waals surface area contributed by atoms with Gasteiger partial charge in [0.25, 0.3) is 0 Å². The van der Waals surface area contributed by atoms with Crippen molar-refractivity contribution in [3.63, 3.8) is 0 Å². The van der Waals surface area contributed by atoms with E-state index in [0.29, 0.717) is 12.1 Å². The van der Waals surface area contributed by atoms with Gasteiger partial charge in [0.1, 0.15) is 41.5 Å². The van der Waals surface area contributed by atoms with Gasteiger partial charge in [-0.1, -0.05) is 12.1 Å². The van der Waals surface area contributed by atoms with Crippen LogP contribution in [0.15, 0.2) is 49.1 Å². The Morgan fingerprint density at radius 1 is 1.07 bits per heavy atom. The molecule has 30 heavy (non-hydrogen) atoms. The Labute approximate surface area is 169 Å². The minimum absolute atomic E-state index is 0.0920. The van der Waals surface area contributed by atoms with Crippen molar-refractivity contribution in [3.8, 4) is 6.07 Å². The Balaban J connectivity index is 1.95. The molecule has 1 atom stereocenters. The summed E-state index contributed by atoms with van der Waals surface area (Å²) in [5, 5.41) is 24.4. The third kappa shape index (κ3) is 5.00. The maximum atomic E-state index is 14.5. The second kappa shape index (κ2) is 9.02. The number of aromatic nitrogens is 3. The van der Waals surface area contributed by atoms with E-state index in [1.165, 1.54) is 28.3 Å². The fraction of sp³-hybridized carbons (Fsp3) is 0.250. The summed E-state index contributed by atoms with van der Waals surface area (Å²) in [5.74, 6) is -3.37. The van der Waals surface area contributed by atoms with Crippen LogP contribution in [0.4, 0.5) is 17.6 Å². The van der Waals surface area contributed by atoms with Gasteiger partial charge in [-0.15, -0.1) is 0 Å². The topological polar surface area (TPSA) is 78.0 Å². The van der Waals surface area contributed by atoms with Crippen molar-refractivity contribution < 1.29 is 22.7 Å². The summed E-state index contributed by atoms with van der Waals surface area (Å²) in [7, 11) is 0. The molecule has 0 aliphatic rings. The van der Waals surface area contributed by atoms with Crippen LogP contribution in [-0.2, 0) is 18.7 Å². The van der Waals surface area contributed by atoms with Gasteiger partial charge < -0.3 is 5.11 Å². The minimum Gasteiger partial charge on any atom is -0.382 e. The van der Waals surface area contributed by atoms with Gasteiger partial charge in [0, 0.05) is 36.3 Å². The quantitative estimate of drug-likeness (QED) is 0.449. The van der Waals surface area contributed by atoms with Crippen LogP contribution in [0.2, 0.25) is 0 Å². The van der Waals surface area contributed by atoms with E-state index in [2.05, 4.69) is 10.1 Å². The minimum atomic E-state index is -1.96. The molecule has 1 unspecified atom stereocenters. The van der Waals surface area contributed by atoms with E-state index < -0.39 is 28.9 Å². The number of hydrogen-bond acceptors (Lipinski definition) is 5. The summed E-state index contributed by atoms with van der Waals surface area (Å²) in [6, 6.07) is 7.65. The van der Waals surface area contributed by atoms with Crippen LogP contribution in [0.1, 0.15) is 11.1 Å². The van der Waals surface area contributed by atoms with Gasteiger partial charge in [-0.2, -0.15) is 10.4 Å². The smallest absolute Gasteiger partial charge is 0.137 e. The predicted octanol–water partition coefficient (Wildman–Crippen LogP) is 2.75. The van der Waals surface area contributed by atoms with Crippen molar-refractivity contribution in [1.29, 1.82) is 5.26 Å². The van der Waals surface area contributed by atoms with Crippen molar-refractivity contribution in [2.75, 3.05) is 13.1 Å². The number of rotatable bonds is 8. The van der Waals surface area contributed by atoms with Crippen LogP contribution in [0.25, 0.3) is 0 Å². The second-order valence-electron chi connectivity index (χ2n) is 6.79. The van der Waals surface area contributed by atoms with Crippen molar-refractivity contribution in [3.05, 3.63) is 83.4 Å². The Kier molecular flexibility index (Phi) is 6.44. The summed E-state index contributed by atoms with van der Waals surface area (Å²) in [4.78, 5) is 5.15. The van der Waals surface area contributed by atoms with E-state index in [4.69, 9.17) is 5.26 Å². The summed E-state index contributed by atoms with van der Waals surface area (Å²) in [6.07, 6.45) is 2.53. The lowest BCUT2D eigenvalue weighted by Crippen LogP contribution is -2.44. The molecule has 0 aliphatic heterocycles. The molecule has 0 saturated heterocycles. The van der Waals surface area contributed by atoms with E-state index in [0.717, 1.165) is 18.2 Å². The Morgan fingerprint density at radius 2 is 1.77 bits per heavy atom. The molecule has 2 aromatic carbocycles. The second-order valence-corrected chi connectivity index (χ2v) is 6.79. The largest absolute Gasteiger partial charge is 0.382 e. The van der Waals surface area contributed by atoms with Gasteiger partial charge in [0.2, 0.25) is 0 Å². The maximum Gasteiger partial charge on any atom is 0.137 e. The highest BCUT2D eigenvalue weighted by molar-refractivity contribution is 5.26. The van der Waals surface area contributed by atoms with Crippen LogP contribution < -0.4 is 0 Å². The van der Waals surface area contributed by atoms with Crippen LogP contribution in [0, 0.1) is 34.6 Å². The highest BCUT2D eigenvalue weighted by Crippen LogP contribution is 2.28. The molecule has 3 aromatic rings. The molecule has 10 heteroatoms. The Morgan fingerprint density at radius 3 is 2.37 bits per heavy atom. The number of hydrogen-bond donors (Lipinski definition) is 1. The molecule has 1 aromatic heterocycles. The number of halogens is 4. The first-order valence-electron chi connectivity index (χ1n) is 8.84. The van der Waals surface area contributed by atoms with Crippen LogP contribution >= 0.6 is 0 Å². The molecule has 0 saturated carbocycles. The van der Waals surface area contributed by atoms with Gasteiger partial charge in [-0.3, -0.25) is 4.90 Å². The molecule has 156 valence electrons. The zero-order valence-corrected chi connectivity index (χ0v) is 15.6. The van der Waals surface area contributed by atoms with Gasteiger partial charge in [0.05, 0.1) is 19.2 Å². The lowest BCUT2D eigenvalue weighted by Gasteiger charge is -2.34. The van der Waals surface area contributed by atoms with E-state index in [9.17, 15) is 22.7 Å². The predicted molar refractivity (Wildman–Crippen MR) is 97.5 cm³/mol. The third-order valence-corrected chi connectivity index (χ3v) is 4.51. The monoisotopic (exact) mass is 419 g/mol. The van der Waals surface area contributed by atoms with Crippen molar-refractivity contribution >= 4 is 0 Å². The first-order valence-corrected chi connectivity index (χ1v) is 8.84. The molecule has 1 heterocycles. The van der Waals surface area contributed by atoms with Gasteiger partial charge in [-0.05, 0) is 12.1 Å². The van der Waals surface area contributed by atoms with Gasteiger partial charge in [-0.25, -0.2) is 27.2 Å². The Hall–Kier alpha value is -3.29. The average Bonchev–Trinajstić information content (AvgIpc) is 3.16. The standard InChI is InChI=1S/C20H17F4N5O/c21-15-2-1-14(18(23)7-15)9-28(6-5-25)10-20(30,11-29-13-26-12-27-29)17-4-3-16(22)8-19(17)24/h1-4,7-8,12-13,30H,6,9-11H2. The molecule has 1 N–H and O–H groups in total. The van der Waals surface area contributed by atoms with Crippen molar-refractivity contribution in [2.24, 2.45) is 0 Å². The molecule has 0 radical (unpaired) electrons. The van der Waals surface area contributed by atoms with Gasteiger partial charge in [0.15, 0.2) is 0 Å². The van der Waals surface area contributed by atoms with Crippen LogP contribution in [0.3, 0.4) is 0 Å². The molecule has 6 nitrogen and oxygen atoms in total. The van der Waals surface area contributed by atoms with Crippen molar-refractivity contribution in [1.82, 2.24) is 19.7 Å². The normalized spacial score (nSPS) is 13.2. The van der Waals surface area contributed by atoms with E-state index in [1.54, 1.807) is 0 Å². The van der Waals surface area contributed by atoms with Crippen LogP contribution in [-0.4, -0.2) is 37.9 Å². The zero-order chi connectivity index (χ0) is 21.7. The number of nitriles is 1. The summed E-state index contributed by atoms with van der Waals surface area (Å²) < 4.78 is 56.4. The van der Waals surface area contributed by atoms with Crippen LogP contribution in [0.5, 0.6) is 0 Å². The SMILES string of the molecule is N#CCN(Cc1ccc(F)cc1F)CC(O)(Cn1cncn1)c1ccc(F)cc1F. The highest BCUT2D eigenvalue weighted by Gasteiger charge is 2.35. The van der Waals surface area contributed by atoms with E-state index in [-0.39, 0.29) is 37.3 Å². The maximum absolute atomic E-state index is 14.5. The molecule has 3 rings (SSSR count). The number of benzene rings is 2. The first-order chi connectivity index (χ1) is 14.3.